The second kappa shape index (κ2) is 5.40. The van der Waals surface area contributed by atoms with Gasteiger partial charge in [0.15, 0.2) is 5.82 Å². The Hall–Kier alpha value is -2.62. The zero-order valence-electron chi connectivity index (χ0n) is 12.1. The number of aromatic nitrogens is 2. The molecule has 0 atom stereocenters. The Labute approximate surface area is 123 Å². The molecule has 0 bridgehead atoms. The molecule has 1 heterocycles. The second-order valence-corrected chi connectivity index (χ2v) is 5.20. The predicted octanol–water partition coefficient (Wildman–Crippen LogP) is 3.53. The van der Waals surface area contributed by atoms with Crippen molar-refractivity contribution in [2.75, 3.05) is 5.73 Å². The number of nitrogens with zero attached hydrogens (tertiary/aromatic N) is 2. The molecule has 0 radical (unpaired) electrons. The molecule has 21 heavy (non-hydrogen) atoms. The van der Waals surface area contributed by atoms with Gasteiger partial charge in [0, 0.05) is 12.1 Å². The molecule has 0 saturated heterocycles. The van der Waals surface area contributed by atoms with Gasteiger partial charge >= 0.3 is 0 Å². The average molecular weight is 279 g/mol. The van der Waals surface area contributed by atoms with Gasteiger partial charge in [-0.3, -0.25) is 0 Å². The average Bonchev–Trinajstić information content (AvgIpc) is 2.92. The monoisotopic (exact) mass is 279 g/mol. The van der Waals surface area contributed by atoms with E-state index in [2.05, 4.69) is 42.2 Å². The third kappa shape index (κ3) is 2.79. The van der Waals surface area contributed by atoms with Gasteiger partial charge in [0.1, 0.15) is 0 Å². The maximum atomic E-state index is 5.92. The van der Waals surface area contributed by atoms with Crippen molar-refractivity contribution in [3.05, 3.63) is 65.0 Å². The summed E-state index contributed by atoms with van der Waals surface area (Å²) in [5.41, 5.74) is 11.1. The lowest BCUT2D eigenvalue weighted by Gasteiger charge is -2.02. The lowest BCUT2D eigenvalue weighted by Crippen LogP contribution is -1.93. The number of hydrogen-bond donors (Lipinski definition) is 1. The summed E-state index contributed by atoms with van der Waals surface area (Å²) < 4.78 is 5.32. The van der Waals surface area contributed by atoms with Crippen molar-refractivity contribution in [3.63, 3.8) is 0 Å². The van der Waals surface area contributed by atoms with E-state index in [1.807, 2.05) is 24.3 Å². The first-order chi connectivity index (χ1) is 10.1. The molecule has 3 aromatic rings. The number of anilines is 1. The lowest BCUT2D eigenvalue weighted by atomic mass is 10.0. The second-order valence-electron chi connectivity index (χ2n) is 5.20. The molecular formula is C17H17N3O. The maximum Gasteiger partial charge on any atom is 0.260 e. The minimum absolute atomic E-state index is 0.465. The van der Waals surface area contributed by atoms with Gasteiger partial charge in [0.25, 0.3) is 5.89 Å². The SMILES string of the molecule is Cc1ccc(Cc2noc(-c3ccccc3N)n2)cc1C. The van der Waals surface area contributed by atoms with Crippen LogP contribution in [0.3, 0.4) is 0 Å². The molecule has 0 aliphatic rings. The summed E-state index contributed by atoms with van der Waals surface area (Å²) in [5.74, 6) is 1.13. The number of nitrogen functional groups attached to an aromatic ring is 1. The highest BCUT2D eigenvalue weighted by molar-refractivity contribution is 5.69. The Morgan fingerprint density at radius 2 is 1.86 bits per heavy atom. The van der Waals surface area contributed by atoms with E-state index < -0.39 is 0 Å². The van der Waals surface area contributed by atoms with E-state index in [1.165, 1.54) is 16.7 Å². The topological polar surface area (TPSA) is 64.9 Å². The molecule has 0 saturated carbocycles. The van der Waals surface area contributed by atoms with E-state index in [4.69, 9.17) is 10.3 Å². The largest absolute Gasteiger partial charge is 0.398 e. The molecule has 1 aromatic heterocycles. The van der Waals surface area contributed by atoms with Gasteiger partial charge < -0.3 is 10.3 Å². The van der Waals surface area contributed by atoms with E-state index in [0.29, 0.717) is 23.8 Å². The van der Waals surface area contributed by atoms with Crippen LogP contribution in [0.2, 0.25) is 0 Å². The summed E-state index contributed by atoms with van der Waals surface area (Å²) in [4.78, 5) is 4.43. The minimum Gasteiger partial charge on any atom is -0.398 e. The zero-order chi connectivity index (χ0) is 14.8. The highest BCUT2D eigenvalue weighted by Crippen LogP contribution is 2.24. The van der Waals surface area contributed by atoms with Crippen molar-refractivity contribution in [3.8, 4) is 11.5 Å². The Kier molecular flexibility index (Phi) is 3.44. The molecule has 0 fully saturated rings. The number of hydrogen-bond acceptors (Lipinski definition) is 4. The van der Waals surface area contributed by atoms with Gasteiger partial charge in [0.2, 0.25) is 0 Å². The molecule has 3 rings (SSSR count). The molecule has 0 unspecified atom stereocenters. The molecule has 4 nitrogen and oxygen atoms in total. The van der Waals surface area contributed by atoms with Crippen LogP contribution >= 0.6 is 0 Å². The van der Waals surface area contributed by atoms with Crippen molar-refractivity contribution >= 4 is 5.69 Å². The van der Waals surface area contributed by atoms with Crippen molar-refractivity contribution in [1.29, 1.82) is 0 Å². The van der Waals surface area contributed by atoms with E-state index in [1.54, 1.807) is 0 Å². The predicted molar refractivity (Wildman–Crippen MR) is 82.9 cm³/mol. The van der Waals surface area contributed by atoms with E-state index in [9.17, 15) is 0 Å². The van der Waals surface area contributed by atoms with Crippen LogP contribution in [0, 0.1) is 13.8 Å². The minimum atomic E-state index is 0.465. The number of nitrogens with two attached hydrogens (primary N) is 1. The molecule has 0 amide bonds. The number of rotatable bonds is 3. The number of benzene rings is 2. The summed E-state index contributed by atoms with van der Waals surface area (Å²) in [5, 5.41) is 4.04. The molecule has 0 aliphatic heterocycles. The molecular weight excluding hydrogens is 262 g/mol. The summed E-state index contributed by atoms with van der Waals surface area (Å²) >= 11 is 0. The Balaban J connectivity index is 1.85. The first-order valence-corrected chi connectivity index (χ1v) is 6.87. The normalized spacial score (nSPS) is 10.8. The fraction of sp³-hybridized carbons (Fsp3) is 0.176. The van der Waals surface area contributed by atoms with Crippen LogP contribution < -0.4 is 5.73 Å². The summed E-state index contributed by atoms with van der Waals surface area (Å²) in [6, 6.07) is 13.8. The van der Waals surface area contributed by atoms with Crippen molar-refractivity contribution in [1.82, 2.24) is 10.1 Å². The fourth-order valence-corrected chi connectivity index (χ4v) is 2.22. The molecule has 2 aromatic carbocycles. The summed E-state index contributed by atoms with van der Waals surface area (Å²) in [6.07, 6.45) is 0.650. The Bertz CT molecular complexity index is 777. The number of aryl methyl sites for hydroxylation is 2. The summed E-state index contributed by atoms with van der Waals surface area (Å²) in [7, 11) is 0. The van der Waals surface area contributed by atoms with Gasteiger partial charge in [0.05, 0.1) is 5.56 Å². The van der Waals surface area contributed by atoms with E-state index >= 15 is 0 Å². The van der Waals surface area contributed by atoms with Crippen LogP contribution in [0.25, 0.3) is 11.5 Å². The van der Waals surface area contributed by atoms with Gasteiger partial charge in [-0.15, -0.1) is 0 Å². The van der Waals surface area contributed by atoms with Crippen molar-refractivity contribution < 1.29 is 4.52 Å². The highest BCUT2D eigenvalue weighted by atomic mass is 16.5. The third-order valence-corrected chi connectivity index (χ3v) is 3.59. The standard InChI is InChI=1S/C17H17N3O/c1-11-7-8-13(9-12(11)2)10-16-19-17(21-20-16)14-5-3-4-6-15(14)18/h3-9H,10,18H2,1-2H3. The van der Waals surface area contributed by atoms with Gasteiger partial charge in [-0.05, 0) is 42.7 Å². The van der Waals surface area contributed by atoms with E-state index in [-0.39, 0.29) is 0 Å². The summed E-state index contributed by atoms with van der Waals surface area (Å²) in [6.45, 7) is 4.20. The number of para-hydroxylation sites is 1. The van der Waals surface area contributed by atoms with Gasteiger partial charge in [-0.25, -0.2) is 0 Å². The first-order valence-electron chi connectivity index (χ1n) is 6.87. The van der Waals surface area contributed by atoms with Crippen LogP contribution in [0.1, 0.15) is 22.5 Å². The fourth-order valence-electron chi connectivity index (χ4n) is 2.22. The highest BCUT2D eigenvalue weighted by Gasteiger charge is 2.11. The molecule has 0 spiro atoms. The first kappa shape index (κ1) is 13.4. The molecule has 2 N–H and O–H groups in total. The molecule has 106 valence electrons. The van der Waals surface area contributed by atoms with Gasteiger partial charge in [-0.1, -0.05) is 35.5 Å². The van der Waals surface area contributed by atoms with Crippen LogP contribution in [-0.4, -0.2) is 10.1 Å². The zero-order valence-corrected chi connectivity index (χ0v) is 12.1. The van der Waals surface area contributed by atoms with Crippen LogP contribution in [0.5, 0.6) is 0 Å². The third-order valence-electron chi connectivity index (χ3n) is 3.59. The molecule has 0 aliphatic carbocycles. The lowest BCUT2D eigenvalue weighted by molar-refractivity contribution is 0.424. The molecule has 4 heteroatoms. The van der Waals surface area contributed by atoms with Crippen molar-refractivity contribution in [2.24, 2.45) is 0 Å². The van der Waals surface area contributed by atoms with Crippen LogP contribution in [0.15, 0.2) is 47.0 Å². The van der Waals surface area contributed by atoms with Crippen LogP contribution in [0.4, 0.5) is 5.69 Å². The quantitative estimate of drug-likeness (QED) is 0.745. The Morgan fingerprint density at radius 3 is 2.62 bits per heavy atom. The maximum absolute atomic E-state index is 5.92. The van der Waals surface area contributed by atoms with Crippen LogP contribution in [-0.2, 0) is 6.42 Å². The van der Waals surface area contributed by atoms with Gasteiger partial charge in [-0.2, -0.15) is 4.98 Å². The smallest absolute Gasteiger partial charge is 0.260 e. The Morgan fingerprint density at radius 1 is 1.05 bits per heavy atom. The van der Waals surface area contributed by atoms with Crippen molar-refractivity contribution in [2.45, 2.75) is 20.3 Å². The van der Waals surface area contributed by atoms with E-state index in [0.717, 1.165) is 5.56 Å².